The highest BCUT2D eigenvalue weighted by Gasteiger charge is 2.31. The van der Waals surface area contributed by atoms with Crippen LogP contribution in [0.25, 0.3) is 0 Å². The summed E-state index contributed by atoms with van der Waals surface area (Å²) in [6, 6.07) is 6.01. The Morgan fingerprint density at radius 2 is 1.93 bits per heavy atom. The number of hydrogen-bond acceptors (Lipinski definition) is 4. The van der Waals surface area contributed by atoms with Crippen LogP contribution in [0.3, 0.4) is 0 Å². The number of halogens is 1. The molecular formula is C20H28FN3O3. The molecule has 3 rings (SSSR count). The topological polar surface area (TPSA) is 61.9 Å². The largest absolute Gasteiger partial charge is 0.481 e. The predicted octanol–water partition coefficient (Wildman–Crippen LogP) is 1.66. The van der Waals surface area contributed by atoms with Crippen molar-refractivity contribution in [3.8, 4) is 5.75 Å². The average molecular weight is 377 g/mol. The Kier molecular flexibility index (Phi) is 7.04. The highest BCUT2D eigenvalue weighted by molar-refractivity contribution is 5.82. The van der Waals surface area contributed by atoms with E-state index in [0.717, 1.165) is 19.6 Å². The van der Waals surface area contributed by atoms with Gasteiger partial charge in [0.05, 0.1) is 5.92 Å². The zero-order valence-corrected chi connectivity index (χ0v) is 15.7. The van der Waals surface area contributed by atoms with Gasteiger partial charge in [-0.1, -0.05) is 18.6 Å². The minimum atomic E-state index is -0.488. The predicted molar refractivity (Wildman–Crippen MR) is 99.9 cm³/mol. The molecule has 2 aliphatic heterocycles. The van der Waals surface area contributed by atoms with Crippen molar-refractivity contribution in [1.82, 2.24) is 15.1 Å². The molecule has 6 nitrogen and oxygen atoms in total. The van der Waals surface area contributed by atoms with E-state index in [9.17, 15) is 14.0 Å². The molecule has 2 aliphatic rings. The molecule has 148 valence electrons. The second-order valence-electron chi connectivity index (χ2n) is 7.24. The first-order chi connectivity index (χ1) is 13.1. The standard InChI is InChI=1S/C20H28FN3O3/c21-17-6-2-3-7-18(17)27-15-19(25)24-12-8-16(14-24)20(26)22-9-13-23-10-4-1-5-11-23/h2-3,6-7,16H,1,4-5,8-15H2,(H,22,26)/t16-/m1/s1. The molecule has 0 bridgehead atoms. The van der Waals surface area contributed by atoms with E-state index in [1.165, 1.54) is 31.4 Å². The molecule has 27 heavy (non-hydrogen) atoms. The number of benzene rings is 1. The van der Waals surface area contributed by atoms with Gasteiger partial charge in [-0.2, -0.15) is 0 Å². The summed E-state index contributed by atoms with van der Waals surface area (Å²) in [5, 5.41) is 3.00. The molecule has 2 amide bonds. The van der Waals surface area contributed by atoms with Gasteiger partial charge in [-0.25, -0.2) is 4.39 Å². The van der Waals surface area contributed by atoms with E-state index in [2.05, 4.69) is 10.2 Å². The fourth-order valence-corrected chi connectivity index (χ4v) is 3.66. The number of para-hydroxylation sites is 1. The maximum atomic E-state index is 13.5. The van der Waals surface area contributed by atoms with E-state index in [-0.39, 0.29) is 30.1 Å². The van der Waals surface area contributed by atoms with Crippen molar-refractivity contribution in [2.45, 2.75) is 25.7 Å². The van der Waals surface area contributed by atoms with Crippen LogP contribution >= 0.6 is 0 Å². The smallest absolute Gasteiger partial charge is 0.260 e. The molecule has 2 heterocycles. The number of rotatable bonds is 7. The highest BCUT2D eigenvalue weighted by atomic mass is 19.1. The maximum Gasteiger partial charge on any atom is 0.260 e. The Morgan fingerprint density at radius 3 is 2.70 bits per heavy atom. The van der Waals surface area contributed by atoms with Crippen molar-refractivity contribution in [3.05, 3.63) is 30.1 Å². The van der Waals surface area contributed by atoms with E-state index in [1.54, 1.807) is 17.0 Å². The fourth-order valence-electron chi connectivity index (χ4n) is 3.66. The average Bonchev–Trinajstić information content (AvgIpc) is 3.18. The van der Waals surface area contributed by atoms with E-state index in [0.29, 0.717) is 26.1 Å². The number of nitrogens with one attached hydrogen (secondary N) is 1. The number of hydrogen-bond donors (Lipinski definition) is 1. The van der Waals surface area contributed by atoms with Crippen molar-refractivity contribution in [2.24, 2.45) is 5.92 Å². The van der Waals surface area contributed by atoms with Crippen LogP contribution in [0.15, 0.2) is 24.3 Å². The van der Waals surface area contributed by atoms with Crippen LogP contribution in [-0.4, -0.2) is 67.5 Å². The summed E-state index contributed by atoms with van der Waals surface area (Å²) in [6.07, 6.45) is 4.43. The van der Waals surface area contributed by atoms with Crippen molar-refractivity contribution >= 4 is 11.8 Å². The van der Waals surface area contributed by atoms with Crippen LogP contribution in [0.1, 0.15) is 25.7 Å². The first kappa shape index (κ1) is 19.6. The summed E-state index contributed by atoms with van der Waals surface area (Å²) >= 11 is 0. The van der Waals surface area contributed by atoms with Crippen LogP contribution < -0.4 is 10.1 Å². The molecule has 1 atom stereocenters. The second kappa shape index (κ2) is 9.69. The van der Waals surface area contributed by atoms with E-state index < -0.39 is 5.82 Å². The summed E-state index contributed by atoms with van der Waals surface area (Å²) in [5.74, 6) is -0.808. The number of carbonyl (C=O) groups excluding carboxylic acids is 2. The molecule has 0 saturated carbocycles. The Hall–Kier alpha value is -2.15. The van der Waals surface area contributed by atoms with Crippen molar-refractivity contribution < 1.29 is 18.7 Å². The van der Waals surface area contributed by atoms with E-state index in [1.807, 2.05) is 0 Å². The van der Waals surface area contributed by atoms with Gasteiger partial charge in [-0.3, -0.25) is 9.59 Å². The molecule has 1 N–H and O–H groups in total. The monoisotopic (exact) mass is 377 g/mol. The lowest BCUT2D eigenvalue weighted by Gasteiger charge is -2.26. The van der Waals surface area contributed by atoms with Gasteiger partial charge in [-0.05, 0) is 44.5 Å². The highest BCUT2D eigenvalue weighted by Crippen LogP contribution is 2.18. The third-order valence-corrected chi connectivity index (χ3v) is 5.28. The number of carbonyl (C=O) groups is 2. The third kappa shape index (κ3) is 5.66. The third-order valence-electron chi connectivity index (χ3n) is 5.28. The minimum absolute atomic E-state index is 0.0114. The lowest BCUT2D eigenvalue weighted by Crippen LogP contribution is -2.40. The SMILES string of the molecule is O=C(NCCN1CCCCC1)[C@@H]1CCN(C(=O)COc2ccccc2F)C1. The number of likely N-dealkylation sites (tertiary alicyclic amines) is 2. The van der Waals surface area contributed by atoms with Crippen molar-refractivity contribution in [1.29, 1.82) is 0 Å². The van der Waals surface area contributed by atoms with Gasteiger partial charge in [0.1, 0.15) is 0 Å². The Balaban J connectivity index is 1.36. The Morgan fingerprint density at radius 1 is 1.15 bits per heavy atom. The summed E-state index contributed by atoms with van der Waals surface area (Å²) in [5.41, 5.74) is 0. The zero-order valence-electron chi connectivity index (χ0n) is 15.7. The van der Waals surface area contributed by atoms with Crippen LogP contribution in [0.5, 0.6) is 5.75 Å². The van der Waals surface area contributed by atoms with Crippen LogP contribution in [0, 0.1) is 11.7 Å². The molecule has 0 unspecified atom stereocenters. The normalized spacial score (nSPS) is 20.5. The number of amides is 2. The molecule has 0 radical (unpaired) electrons. The summed E-state index contributed by atoms with van der Waals surface area (Å²) in [4.78, 5) is 28.6. The van der Waals surface area contributed by atoms with Crippen LogP contribution in [0.2, 0.25) is 0 Å². The first-order valence-electron chi connectivity index (χ1n) is 9.78. The minimum Gasteiger partial charge on any atom is -0.481 e. The number of piperidine rings is 1. The lowest BCUT2D eigenvalue weighted by atomic mass is 10.1. The van der Waals surface area contributed by atoms with Crippen LogP contribution in [-0.2, 0) is 9.59 Å². The number of ether oxygens (including phenoxy) is 1. The summed E-state index contributed by atoms with van der Waals surface area (Å²) in [6.45, 7) is 4.48. The molecule has 2 fully saturated rings. The van der Waals surface area contributed by atoms with Gasteiger partial charge in [0.2, 0.25) is 5.91 Å². The van der Waals surface area contributed by atoms with Gasteiger partial charge >= 0.3 is 0 Å². The Bertz CT molecular complexity index is 649. The number of nitrogens with zero attached hydrogens (tertiary/aromatic N) is 2. The second-order valence-corrected chi connectivity index (χ2v) is 7.24. The van der Waals surface area contributed by atoms with Crippen molar-refractivity contribution in [3.63, 3.8) is 0 Å². The quantitative estimate of drug-likeness (QED) is 0.785. The fraction of sp³-hybridized carbons (Fsp3) is 0.600. The Labute approximate surface area is 159 Å². The molecule has 7 heteroatoms. The molecule has 0 aromatic heterocycles. The van der Waals surface area contributed by atoms with Gasteiger partial charge in [0.25, 0.3) is 5.91 Å². The van der Waals surface area contributed by atoms with Crippen LogP contribution in [0.4, 0.5) is 4.39 Å². The molecular weight excluding hydrogens is 349 g/mol. The molecule has 1 aromatic carbocycles. The molecule has 2 saturated heterocycles. The van der Waals surface area contributed by atoms with E-state index >= 15 is 0 Å². The molecule has 0 aliphatic carbocycles. The summed E-state index contributed by atoms with van der Waals surface area (Å²) in [7, 11) is 0. The maximum absolute atomic E-state index is 13.5. The van der Waals surface area contributed by atoms with Gasteiger partial charge in [-0.15, -0.1) is 0 Å². The van der Waals surface area contributed by atoms with Crippen molar-refractivity contribution in [2.75, 3.05) is 45.9 Å². The molecule has 0 spiro atoms. The first-order valence-corrected chi connectivity index (χ1v) is 9.78. The lowest BCUT2D eigenvalue weighted by molar-refractivity contribution is -0.132. The molecule has 1 aromatic rings. The zero-order chi connectivity index (χ0) is 19.1. The van der Waals surface area contributed by atoms with Gasteiger partial charge in [0, 0.05) is 26.2 Å². The summed E-state index contributed by atoms with van der Waals surface area (Å²) < 4.78 is 18.8. The van der Waals surface area contributed by atoms with Gasteiger partial charge < -0.3 is 19.9 Å². The van der Waals surface area contributed by atoms with E-state index in [4.69, 9.17) is 4.74 Å². The van der Waals surface area contributed by atoms with Gasteiger partial charge in [0.15, 0.2) is 18.2 Å².